The molecule has 0 atom stereocenters. The first kappa shape index (κ1) is 15.1. The third kappa shape index (κ3) is 3.29. The van der Waals surface area contributed by atoms with Crippen LogP contribution in [0.25, 0.3) is 0 Å². The molecule has 0 radical (unpaired) electrons. The summed E-state index contributed by atoms with van der Waals surface area (Å²) < 4.78 is 9.96. The lowest BCUT2D eigenvalue weighted by atomic mass is 9.93. The fourth-order valence-electron chi connectivity index (χ4n) is 1.84. The van der Waals surface area contributed by atoms with Crippen LogP contribution in [0.15, 0.2) is 6.07 Å². The average molecular weight is 270 g/mol. The normalized spacial score (nSPS) is 11.2. The maximum absolute atomic E-state index is 11.3. The SMILES string of the molecule is COc1cc(C(=O)O)c(CC(C)(C)O)c(OC)c1O. The third-order valence-corrected chi connectivity index (χ3v) is 2.59. The number of rotatable bonds is 5. The summed E-state index contributed by atoms with van der Waals surface area (Å²) in [6.07, 6.45) is 0.0232. The number of aromatic hydroxyl groups is 1. The second-order valence-corrected chi connectivity index (χ2v) is 4.78. The number of hydrogen-bond acceptors (Lipinski definition) is 5. The molecule has 0 spiro atoms. The summed E-state index contributed by atoms with van der Waals surface area (Å²) in [6.45, 7) is 3.08. The third-order valence-electron chi connectivity index (χ3n) is 2.59. The van der Waals surface area contributed by atoms with Gasteiger partial charge in [-0.1, -0.05) is 0 Å². The van der Waals surface area contributed by atoms with Crippen molar-refractivity contribution in [3.63, 3.8) is 0 Å². The zero-order valence-corrected chi connectivity index (χ0v) is 11.4. The molecule has 1 aromatic rings. The number of methoxy groups -OCH3 is 2. The summed E-state index contributed by atoms with van der Waals surface area (Å²) in [6, 6.07) is 1.21. The second-order valence-electron chi connectivity index (χ2n) is 4.78. The van der Waals surface area contributed by atoms with Crippen LogP contribution >= 0.6 is 0 Å². The van der Waals surface area contributed by atoms with E-state index in [1.54, 1.807) is 13.8 Å². The molecule has 1 aromatic carbocycles. The quantitative estimate of drug-likeness (QED) is 0.748. The number of aliphatic hydroxyl groups is 1. The van der Waals surface area contributed by atoms with Crippen molar-refractivity contribution in [1.29, 1.82) is 0 Å². The molecule has 0 bridgehead atoms. The Hall–Kier alpha value is -1.95. The largest absolute Gasteiger partial charge is 0.502 e. The van der Waals surface area contributed by atoms with Crippen molar-refractivity contribution in [1.82, 2.24) is 0 Å². The van der Waals surface area contributed by atoms with E-state index in [1.165, 1.54) is 20.3 Å². The zero-order valence-electron chi connectivity index (χ0n) is 11.4. The number of phenols is 1. The number of carbonyl (C=O) groups is 1. The Morgan fingerprint density at radius 3 is 2.26 bits per heavy atom. The van der Waals surface area contributed by atoms with Crippen molar-refractivity contribution in [2.75, 3.05) is 14.2 Å². The first-order chi connectivity index (χ1) is 8.71. The minimum atomic E-state index is -1.18. The maximum Gasteiger partial charge on any atom is 0.336 e. The van der Waals surface area contributed by atoms with Crippen molar-refractivity contribution >= 4 is 5.97 Å². The molecule has 0 aliphatic rings. The minimum absolute atomic E-state index is 0.00104. The smallest absolute Gasteiger partial charge is 0.336 e. The fraction of sp³-hybridized carbons (Fsp3) is 0.462. The van der Waals surface area contributed by atoms with E-state index in [0.717, 1.165) is 0 Å². The van der Waals surface area contributed by atoms with Crippen LogP contribution in [0.1, 0.15) is 29.8 Å². The van der Waals surface area contributed by atoms with E-state index in [9.17, 15) is 20.1 Å². The van der Waals surface area contributed by atoms with Crippen molar-refractivity contribution < 1.29 is 29.6 Å². The van der Waals surface area contributed by atoms with Gasteiger partial charge in [-0.2, -0.15) is 0 Å². The van der Waals surface area contributed by atoms with Gasteiger partial charge in [0.2, 0.25) is 5.75 Å². The van der Waals surface area contributed by atoms with Crippen LogP contribution < -0.4 is 9.47 Å². The first-order valence-corrected chi connectivity index (χ1v) is 5.63. The van der Waals surface area contributed by atoms with Gasteiger partial charge in [0.15, 0.2) is 11.5 Å². The van der Waals surface area contributed by atoms with Crippen molar-refractivity contribution in [2.24, 2.45) is 0 Å². The van der Waals surface area contributed by atoms with Crippen LogP contribution in [-0.4, -0.2) is 41.1 Å². The highest BCUT2D eigenvalue weighted by atomic mass is 16.5. The molecular weight excluding hydrogens is 252 g/mol. The number of ether oxygens (including phenoxy) is 2. The predicted molar refractivity (Wildman–Crippen MR) is 68.2 cm³/mol. The summed E-state index contributed by atoms with van der Waals surface area (Å²) in [5, 5.41) is 29.0. The summed E-state index contributed by atoms with van der Waals surface area (Å²) in [7, 11) is 2.63. The highest BCUT2D eigenvalue weighted by molar-refractivity contribution is 5.92. The molecule has 0 saturated heterocycles. The van der Waals surface area contributed by atoms with Gasteiger partial charge >= 0.3 is 5.97 Å². The number of carboxylic acids is 1. The molecule has 6 heteroatoms. The van der Waals surface area contributed by atoms with Gasteiger partial charge in [-0.3, -0.25) is 0 Å². The molecule has 0 aromatic heterocycles. The summed E-state index contributed by atoms with van der Waals surface area (Å²) >= 11 is 0. The molecule has 0 heterocycles. The monoisotopic (exact) mass is 270 g/mol. The van der Waals surface area contributed by atoms with Crippen LogP contribution in [0.4, 0.5) is 0 Å². The lowest BCUT2D eigenvalue weighted by Gasteiger charge is -2.22. The molecule has 0 amide bonds. The highest BCUT2D eigenvalue weighted by Gasteiger charge is 2.27. The molecule has 3 N–H and O–H groups in total. The Labute approximate surface area is 111 Å². The van der Waals surface area contributed by atoms with Crippen molar-refractivity contribution in [2.45, 2.75) is 25.9 Å². The van der Waals surface area contributed by atoms with E-state index in [4.69, 9.17) is 9.47 Å². The molecule has 1 rings (SSSR count). The molecule has 0 aliphatic heterocycles. The molecule has 0 saturated carbocycles. The average Bonchev–Trinajstić information content (AvgIpc) is 2.27. The summed E-state index contributed by atoms with van der Waals surface area (Å²) in [5.41, 5.74) is -0.993. The molecule has 6 nitrogen and oxygen atoms in total. The molecular formula is C13H18O6. The van der Waals surface area contributed by atoms with E-state index < -0.39 is 11.6 Å². The Morgan fingerprint density at radius 1 is 1.32 bits per heavy atom. The van der Waals surface area contributed by atoms with Crippen molar-refractivity contribution in [3.8, 4) is 17.2 Å². The van der Waals surface area contributed by atoms with E-state index in [1.807, 2.05) is 0 Å². The topological polar surface area (TPSA) is 96.2 Å². The van der Waals surface area contributed by atoms with Crippen LogP contribution in [0.2, 0.25) is 0 Å². The predicted octanol–water partition coefficient (Wildman–Crippen LogP) is 1.42. The Bertz CT molecular complexity index is 487. The lowest BCUT2D eigenvalue weighted by molar-refractivity contribution is 0.0683. The Balaban J connectivity index is 3.56. The standard InChI is InChI=1S/C13H18O6/c1-13(2,17)6-8-7(12(15)16)5-9(18-3)10(14)11(8)19-4/h5,14,17H,6H2,1-4H3,(H,15,16). The van der Waals surface area contributed by atoms with Crippen LogP contribution in [-0.2, 0) is 6.42 Å². The van der Waals surface area contributed by atoms with Gasteiger partial charge in [-0.25, -0.2) is 4.79 Å². The number of benzene rings is 1. The van der Waals surface area contributed by atoms with Gasteiger partial charge in [0.25, 0.3) is 0 Å². The fourth-order valence-corrected chi connectivity index (χ4v) is 1.84. The lowest BCUT2D eigenvalue weighted by Crippen LogP contribution is -2.24. The van der Waals surface area contributed by atoms with Gasteiger partial charge in [-0.05, 0) is 19.9 Å². The van der Waals surface area contributed by atoms with E-state index >= 15 is 0 Å². The summed E-state index contributed by atoms with van der Waals surface area (Å²) in [4.78, 5) is 11.3. The van der Waals surface area contributed by atoms with Crippen LogP contribution in [0.5, 0.6) is 17.2 Å². The van der Waals surface area contributed by atoms with Crippen LogP contribution in [0.3, 0.4) is 0 Å². The molecule has 0 fully saturated rings. The van der Waals surface area contributed by atoms with Crippen molar-refractivity contribution in [3.05, 3.63) is 17.2 Å². The van der Waals surface area contributed by atoms with Gasteiger partial charge in [0.1, 0.15) is 0 Å². The van der Waals surface area contributed by atoms with Gasteiger partial charge in [0, 0.05) is 12.0 Å². The van der Waals surface area contributed by atoms with E-state index in [0.29, 0.717) is 0 Å². The zero-order chi connectivity index (χ0) is 14.8. The minimum Gasteiger partial charge on any atom is -0.502 e. The first-order valence-electron chi connectivity index (χ1n) is 5.63. The molecule has 106 valence electrons. The Morgan fingerprint density at radius 2 is 1.89 bits per heavy atom. The van der Waals surface area contributed by atoms with E-state index in [-0.39, 0.29) is 34.8 Å². The molecule has 19 heavy (non-hydrogen) atoms. The highest BCUT2D eigenvalue weighted by Crippen LogP contribution is 2.42. The number of aromatic carboxylic acids is 1. The van der Waals surface area contributed by atoms with E-state index in [2.05, 4.69) is 0 Å². The number of carboxylic acid groups (broad SMARTS) is 1. The molecule has 0 aliphatic carbocycles. The second kappa shape index (κ2) is 5.36. The molecule has 0 unspecified atom stereocenters. The maximum atomic E-state index is 11.3. The van der Waals surface area contributed by atoms with Gasteiger partial charge in [0.05, 0.1) is 25.4 Å². The summed E-state index contributed by atoms with van der Waals surface area (Å²) in [5.74, 6) is -1.46. The number of hydrogen-bond donors (Lipinski definition) is 3. The van der Waals surface area contributed by atoms with Crippen LogP contribution in [0, 0.1) is 0 Å². The van der Waals surface area contributed by atoms with Gasteiger partial charge in [-0.15, -0.1) is 0 Å². The Kier molecular flexibility index (Phi) is 4.26. The number of phenolic OH excluding ortho intramolecular Hbond substituents is 1. The van der Waals surface area contributed by atoms with Gasteiger partial charge < -0.3 is 24.8 Å².